The number of hydrogen-bond donors (Lipinski definition) is 0. The molecule has 4 heteroatoms. The Hall–Kier alpha value is -9.90. The molecule has 0 amide bonds. The molecule has 0 unspecified atom stereocenters. The maximum atomic E-state index is 4.84. The fourth-order valence-corrected chi connectivity index (χ4v) is 11.9. The Labute approximate surface area is 469 Å². The van der Waals surface area contributed by atoms with Crippen LogP contribution in [0, 0.1) is 6.92 Å². The molecule has 0 N–H and O–H groups in total. The van der Waals surface area contributed by atoms with Gasteiger partial charge < -0.3 is 9.80 Å². The third-order valence-electron chi connectivity index (χ3n) is 16.6. The third kappa shape index (κ3) is 9.05. The fraction of sp³-hybridized carbons (Fsp3) is 0.0789. The molecule has 80 heavy (non-hydrogen) atoms. The zero-order chi connectivity index (χ0) is 53.7. The van der Waals surface area contributed by atoms with Crippen molar-refractivity contribution in [1.29, 1.82) is 0 Å². The summed E-state index contributed by atoms with van der Waals surface area (Å²) in [6.07, 6.45) is 6.14. The summed E-state index contributed by atoms with van der Waals surface area (Å²) in [6.45, 7) is 6.88. The van der Waals surface area contributed by atoms with Gasteiger partial charge in [0.05, 0.1) is 11.4 Å². The number of nitrogens with zero attached hydrogens (tertiary/aromatic N) is 4. The SMILES string of the molecule is Cc1ccc(N(c2ccc(-c3ccc(N(c4ccc(-c5ccc(-c6ccc(-c7ccccc7)cn6)nc5)cc4)c4ccc5c(c4)CC5)cc3)cc2)c2ccc(-c3ccc4c(c3)C(C)(C)c3cc(-c5ccccc5)ccc3-4)cc2)cc1. The van der Waals surface area contributed by atoms with Crippen LogP contribution >= 0.6 is 0 Å². The Kier molecular flexibility index (Phi) is 12.2. The van der Waals surface area contributed by atoms with Crippen LogP contribution in [0.3, 0.4) is 0 Å². The molecule has 0 aliphatic heterocycles. The lowest BCUT2D eigenvalue weighted by atomic mass is 9.81. The van der Waals surface area contributed by atoms with Gasteiger partial charge in [-0.05, 0) is 195 Å². The molecule has 0 atom stereocenters. The van der Waals surface area contributed by atoms with Crippen LogP contribution in [0.25, 0.3) is 78.1 Å². The molecule has 2 aliphatic rings. The smallest absolute Gasteiger partial charge is 0.0886 e. The van der Waals surface area contributed by atoms with Crippen molar-refractivity contribution in [2.45, 2.75) is 39.0 Å². The molecule has 2 aliphatic carbocycles. The topological polar surface area (TPSA) is 32.3 Å². The lowest BCUT2D eigenvalue weighted by Gasteiger charge is -2.29. The van der Waals surface area contributed by atoms with E-state index in [4.69, 9.17) is 9.97 Å². The van der Waals surface area contributed by atoms with Crippen LogP contribution in [0.2, 0.25) is 0 Å². The van der Waals surface area contributed by atoms with E-state index in [1.54, 1.807) is 0 Å². The van der Waals surface area contributed by atoms with Crippen molar-refractivity contribution in [3.8, 4) is 78.1 Å². The number of benzene rings is 10. The van der Waals surface area contributed by atoms with Crippen molar-refractivity contribution in [3.63, 3.8) is 0 Å². The minimum atomic E-state index is -0.121. The quantitative estimate of drug-likeness (QED) is 0.122. The second-order valence-corrected chi connectivity index (χ2v) is 21.9. The van der Waals surface area contributed by atoms with E-state index in [-0.39, 0.29) is 5.41 Å². The van der Waals surface area contributed by atoms with Crippen LogP contribution in [-0.4, -0.2) is 9.97 Å². The number of aryl methyl sites for hydroxylation is 3. The number of pyridine rings is 2. The Bertz CT molecular complexity index is 4190. The minimum Gasteiger partial charge on any atom is -0.311 e. The molecule has 0 bridgehead atoms. The van der Waals surface area contributed by atoms with Gasteiger partial charge in [-0.15, -0.1) is 0 Å². The highest BCUT2D eigenvalue weighted by atomic mass is 15.1. The van der Waals surface area contributed by atoms with Gasteiger partial charge in [-0.2, -0.15) is 0 Å². The predicted molar refractivity (Wildman–Crippen MR) is 334 cm³/mol. The Morgan fingerprint density at radius 3 is 1.04 bits per heavy atom. The van der Waals surface area contributed by atoms with E-state index in [0.717, 1.165) is 91.7 Å². The van der Waals surface area contributed by atoms with Crippen molar-refractivity contribution in [2.75, 3.05) is 9.80 Å². The molecule has 4 nitrogen and oxygen atoms in total. The number of aromatic nitrogens is 2. The summed E-state index contributed by atoms with van der Waals surface area (Å²) in [4.78, 5) is 14.3. The first-order chi connectivity index (χ1) is 39.3. The molecule has 10 aromatic carbocycles. The summed E-state index contributed by atoms with van der Waals surface area (Å²) in [5.74, 6) is 0. The molecule has 2 aromatic heterocycles. The standard InChI is InChI=1S/C76H58N4/c1-51-14-31-64(32-15-51)79(66-37-22-57(23-38-66)61-28-43-71-70-42-27-60(52-10-6-4-7-11-52)47-72(70)76(2,3)73(71)48-61)65-33-18-54(19-34-65)55-20-35-67(36-21-55)80(69-41-26-56-16-17-59(56)46-69)68-39-24-58(25-40-68)63-30-45-75(78-50-63)74-44-29-62(49-77-74)53-12-8-5-9-13-53/h4-15,18-50H,16-17H2,1-3H3. The summed E-state index contributed by atoms with van der Waals surface area (Å²) in [5.41, 5.74) is 29.5. The summed E-state index contributed by atoms with van der Waals surface area (Å²) in [7, 11) is 0. The fourth-order valence-electron chi connectivity index (χ4n) is 11.9. The number of rotatable bonds is 12. The van der Waals surface area contributed by atoms with Gasteiger partial charge in [0.25, 0.3) is 0 Å². The van der Waals surface area contributed by atoms with Crippen LogP contribution in [0.4, 0.5) is 34.1 Å². The van der Waals surface area contributed by atoms with Gasteiger partial charge in [0, 0.05) is 63.1 Å². The third-order valence-corrected chi connectivity index (χ3v) is 16.6. The normalized spacial score (nSPS) is 12.7. The van der Waals surface area contributed by atoms with Gasteiger partial charge in [0.15, 0.2) is 0 Å². The Morgan fingerprint density at radius 2 is 0.637 bits per heavy atom. The van der Waals surface area contributed by atoms with Crippen molar-refractivity contribution >= 4 is 34.1 Å². The average molecular weight is 1030 g/mol. The molecule has 0 fully saturated rings. The van der Waals surface area contributed by atoms with Crippen LogP contribution in [0.5, 0.6) is 0 Å². The second kappa shape index (κ2) is 20.2. The van der Waals surface area contributed by atoms with Crippen LogP contribution in [-0.2, 0) is 18.3 Å². The first-order valence-electron chi connectivity index (χ1n) is 27.8. The second-order valence-electron chi connectivity index (χ2n) is 21.9. The van der Waals surface area contributed by atoms with Gasteiger partial charge in [-0.3, -0.25) is 9.97 Å². The monoisotopic (exact) mass is 1030 g/mol. The van der Waals surface area contributed by atoms with E-state index < -0.39 is 0 Å². The molecular weight excluding hydrogens is 969 g/mol. The number of hydrogen-bond acceptors (Lipinski definition) is 4. The van der Waals surface area contributed by atoms with Gasteiger partial charge in [-0.25, -0.2) is 0 Å². The molecular formula is C76H58N4. The van der Waals surface area contributed by atoms with Crippen molar-refractivity contribution in [2.24, 2.45) is 0 Å². The molecule has 2 heterocycles. The van der Waals surface area contributed by atoms with Crippen LogP contribution in [0.15, 0.2) is 273 Å². The molecule has 14 rings (SSSR count). The highest BCUT2D eigenvalue weighted by Crippen LogP contribution is 2.51. The van der Waals surface area contributed by atoms with Crippen LogP contribution in [0.1, 0.15) is 41.7 Å². The largest absolute Gasteiger partial charge is 0.311 e. The first kappa shape index (κ1) is 48.5. The summed E-state index contributed by atoms with van der Waals surface area (Å²) >= 11 is 0. The Morgan fingerprint density at radius 1 is 0.300 bits per heavy atom. The maximum Gasteiger partial charge on any atom is 0.0886 e. The van der Waals surface area contributed by atoms with Gasteiger partial charge in [-0.1, -0.05) is 183 Å². The van der Waals surface area contributed by atoms with E-state index in [9.17, 15) is 0 Å². The highest BCUT2D eigenvalue weighted by Gasteiger charge is 2.36. The lowest BCUT2D eigenvalue weighted by Crippen LogP contribution is -2.15. The van der Waals surface area contributed by atoms with Gasteiger partial charge >= 0.3 is 0 Å². The van der Waals surface area contributed by atoms with Gasteiger partial charge in [0.2, 0.25) is 0 Å². The average Bonchev–Trinajstić information content (AvgIpc) is 3.80. The maximum absolute atomic E-state index is 4.84. The van der Waals surface area contributed by atoms with Crippen LogP contribution < -0.4 is 9.80 Å². The summed E-state index contributed by atoms with van der Waals surface area (Å²) in [5, 5.41) is 0. The first-order valence-corrected chi connectivity index (χ1v) is 27.8. The number of fused-ring (bicyclic) bond motifs is 4. The molecule has 12 aromatic rings. The molecule has 382 valence electrons. The number of anilines is 6. The summed E-state index contributed by atoms with van der Waals surface area (Å²) < 4.78 is 0. The van der Waals surface area contributed by atoms with E-state index in [1.165, 1.54) is 61.2 Å². The van der Waals surface area contributed by atoms with E-state index in [1.807, 2.05) is 36.7 Å². The molecule has 0 saturated heterocycles. The van der Waals surface area contributed by atoms with Gasteiger partial charge in [0.1, 0.15) is 0 Å². The van der Waals surface area contributed by atoms with E-state index in [0.29, 0.717) is 0 Å². The molecule has 0 spiro atoms. The lowest BCUT2D eigenvalue weighted by molar-refractivity contribution is 0.661. The highest BCUT2D eigenvalue weighted by molar-refractivity contribution is 5.87. The zero-order valence-corrected chi connectivity index (χ0v) is 45.2. The molecule has 0 radical (unpaired) electrons. The minimum absolute atomic E-state index is 0.121. The summed E-state index contributed by atoms with van der Waals surface area (Å²) in [6, 6.07) is 95.1. The van der Waals surface area contributed by atoms with E-state index in [2.05, 4.69) is 267 Å². The van der Waals surface area contributed by atoms with Crippen molar-refractivity contribution in [1.82, 2.24) is 9.97 Å². The molecule has 0 saturated carbocycles. The van der Waals surface area contributed by atoms with E-state index >= 15 is 0 Å². The van der Waals surface area contributed by atoms with Crippen molar-refractivity contribution < 1.29 is 0 Å². The zero-order valence-electron chi connectivity index (χ0n) is 45.2. The Balaban J connectivity index is 0.710. The predicted octanol–water partition coefficient (Wildman–Crippen LogP) is 20.1. The van der Waals surface area contributed by atoms with Crippen molar-refractivity contribution in [3.05, 3.63) is 301 Å².